The van der Waals surface area contributed by atoms with Gasteiger partial charge in [-0.15, -0.1) is 0 Å². The third kappa shape index (κ3) is 3.85. The zero-order chi connectivity index (χ0) is 15.2. The summed E-state index contributed by atoms with van der Waals surface area (Å²) in [4.78, 5) is 11.6. The SMILES string of the molecule is COC(=O)c1ccc(C)c(NCC(C)c2ccccc2)c1. The predicted molar refractivity (Wildman–Crippen MR) is 85.9 cm³/mol. The first kappa shape index (κ1) is 15.1. The molecule has 0 bridgehead atoms. The Balaban J connectivity index is 2.07. The summed E-state index contributed by atoms with van der Waals surface area (Å²) in [6.45, 7) is 5.02. The van der Waals surface area contributed by atoms with Crippen LogP contribution in [0.15, 0.2) is 48.5 Å². The summed E-state index contributed by atoms with van der Waals surface area (Å²) in [5.74, 6) is 0.0848. The van der Waals surface area contributed by atoms with Crippen molar-refractivity contribution in [1.82, 2.24) is 0 Å². The maximum atomic E-state index is 11.6. The molecule has 110 valence electrons. The number of methoxy groups -OCH3 is 1. The van der Waals surface area contributed by atoms with Gasteiger partial charge >= 0.3 is 5.97 Å². The number of carbonyl (C=O) groups is 1. The minimum absolute atomic E-state index is 0.311. The molecule has 0 spiro atoms. The molecule has 0 heterocycles. The second-order valence-corrected chi connectivity index (χ2v) is 5.21. The topological polar surface area (TPSA) is 38.3 Å². The highest BCUT2D eigenvalue weighted by atomic mass is 16.5. The largest absolute Gasteiger partial charge is 0.465 e. The van der Waals surface area contributed by atoms with Crippen LogP contribution in [-0.4, -0.2) is 19.6 Å². The fraction of sp³-hybridized carbons (Fsp3) is 0.278. The number of rotatable bonds is 5. The fourth-order valence-electron chi connectivity index (χ4n) is 2.22. The molecule has 0 aromatic heterocycles. The van der Waals surface area contributed by atoms with Crippen LogP contribution < -0.4 is 5.32 Å². The smallest absolute Gasteiger partial charge is 0.337 e. The van der Waals surface area contributed by atoms with Crippen molar-refractivity contribution < 1.29 is 9.53 Å². The summed E-state index contributed by atoms with van der Waals surface area (Å²) in [7, 11) is 1.40. The molecule has 0 radical (unpaired) electrons. The molecule has 0 saturated heterocycles. The van der Waals surface area contributed by atoms with Crippen molar-refractivity contribution in [3.63, 3.8) is 0 Å². The molecule has 3 nitrogen and oxygen atoms in total. The summed E-state index contributed by atoms with van der Waals surface area (Å²) in [5, 5.41) is 3.42. The lowest BCUT2D eigenvalue weighted by molar-refractivity contribution is 0.0601. The second-order valence-electron chi connectivity index (χ2n) is 5.21. The van der Waals surface area contributed by atoms with E-state index < -0.39 is 0 Å². The third-order valence-corrected chi connectivity index (χ3v) is 3.63. The van der Waals surface area contributed by atoms with Gasteiger partial charge in [0.1, 0.15) is 0 Å². The molecule has 21 heavy (non-hydrogen) atoms. The van der Waals surface area contributed by atoms with Crippen LogP contribution in [0.5, 0.6) is 0 Å². The lowest BCUT2D eigenvalue weighted by Crippen LogP contribution is -2.11. The lowest BCUT2D eigenvalue weighted by atomic mass is 10.0. The first-order valence-corrected chi connectivity index (χ1v) is 7.09. The average molecular weight is 283 g/mol. The van der Waals surface area contributed by atoms with Crippen molar-refractivity contribution >= 4 is 11.7 Å². The summed E-state index contributed by atoms with van der Waals surface area (Å²) in [6.07, 6.45) is 0. The van der Waals surface area contributed by atoms with E-state index in [1.165, 1.54) is 12.7 Å². The van der Waals surface area contributed by atoms with E-state index in [1.807, 2.05) is 25.1 Å². The molecule has 0 aliphatic heterocycles. The molecular weight excluding hydrogens is 262 g/mol. The van der Waals surface area contributed by atoms with E-state index in [0.29, 0.717) is 11.5 Å². The van der Waals surface area contributed by atoms with Gasteiger partial charge in [-0.2, -0.15) is 0 Å². The van der Waals surface area contributed by atoms with E-state index in [-0.39, 0.29) is 5.97 Å². The highest BCUT2D eigenvalue weighted by Gasteiger charge is 2.09. The normalized spacial score (nSPS) is 11.8. The number of benzene rings is 2. The van der Waals surface area contributed by atoms with Gasteiger partial charge in [0.15, 0.2) is 0 Å². The third-order valence-electron chi connectivity index (χ3n) is 3.63. The number of hydrogen-bond acceptors (Lipinski definition) is 3. The molecule has 2 aromatic rings. The highest BCUT2D eigenvalue weighted by Crippen LogP contribution is 2.20. The Labute approximate surface area is 126 Å². The van der Waals surface area contributed by atoms with Gasteiger partial charge < -0.3 is 10.1 Å². The maximum absolute atomic E-state index is 11.6. The first-order valence-electron chi connectivity index (χ1n) is 7.09. The van der Waals surface area contributed by atoms with Gasteiger partial charge in [0.25, 0.3) is 0 Å². The molecule has 1 unspecified atom stereocenters. The van der Waals surface area contributed by atoms with E-state index in [1.54, 1.807) is 6.07 Å². The van der Waals surface area contributed by atoms with Gasteiger partial charge in [-0.25, -0.2) is 4.79 Å². The Kier molecular flexibility index (Phi) is 4.99. The van der Waals surface area contributed by atoms with Crippen molar-refractivity contribution in [2.75, 3.05) is 19.0 Å². The van der Waals surface area contributed by atoms with Crippen LogP contribution in [0.4, 0.5) is 5.69 Å². The van der Waals surface area contributed by atoms with Crippen LogP contribution in [0.3, 0.4) is 0 Å². The highest BCUT2D eigenvalue weighted by molar-refractivity contribution is 5.90. The standard InChI is InChI=1S/C18H21NO2/c1-13-9-10-16(18(20)21-3)11-17(13)19-12-14(2)15-7-5-4-6-8-15/h4-11,14,19H,12H2,1-3H3. The molecule has 1 atom stereocenters. The second kappa shape index (κ2) is 6.93. The zero-order valence-electron chi connectivity index (χ0n) is 12.7. The van der Waals surface area contributed by atoms with Crippen LogP contribution in [0.1, 0.15) is 34.3 Å². The van der Waals surface area contributed by atoms with Crippen molar-refractivity contribution in [2.24, 2.45) is 0 Å². The monoisotopic (exact) mass is 283 g/mol. The molecule has 0 fully saturated rings. The lowest BCUT2D eigenvalue weighted by Gasteiger charge is -2.16. The van der Waals surface area contributed by atoms with Crippen molar-refractivity contribution in [3.05, 3.63) is 65.2 Å². The molecule has 0 aliphatic rings. The van der Waals surface area contributed by atoms with Gasteiger partial charge in [0.2, 0.25) is 0 Å². The van der Waals surface area contributed by atoms with Crippen LogP contribution in [0.25, 0.3) is 0 Å². The molecular formula is C18H21NO2. The van der Waals surface area contributed by atoms with Crippen LogP contribution in [0.2, 0.25) is 0 Å². The number of carbonyl (C=O) groups excluding carboxylic acids is 1. The Morgan fingerprint density at radius 3 is 2.57 bits per heavy atom. The Hall–Kier alpha value is -2.29. The number of ether oxygens (including phenoxy) is 1. The van der Waals surface area contributed by atoms with Crippen LogP contribution in [-0.2, 0) is 4.74 Å². The maximum Gasteiger partial charge on any atom is 0.337 e. The summed E-state index contributed by atoms with van der Waals surface area (Å²) < 4.78 is 4.76. The molecule has 2 rings (SSSR count). The van der Waals surface area contributed by atoms with Gasteiger partial charge in [0, 0.05) is 12.2 Å². The number of hydrogen-bond donors (Lipinski definition) is 1. The zero-order valence-corrected chi connectivity index (χ0v) is 12.7. The number of esters is 1. The number of aryl methyl sites for hydroxylation is 1. The van der Waals surface area contributed by atoms with Crippen molar-refractivity contribution in [2.45, 2.75) is 19.8 Å². The molecule has 1 N–H and O–H groups in total. The van der Waals surface area contributed by atoms with Crippen LogP contribution in [0, 0.1) is 6.92 Å². The van der Waals surface area contributed by atoms with E-state index in [0.717, 1.165) is 17.8 Å². The summed E-state index contributed by atoms with van der Waals surface area (Å²) >= 11 is 0. The van der Waals surface area contributed by atoms with E-state index in [2.05, 4.69) is 36.5 Å². The Morgan fingerprint density at radius 1 is 1.19 bits per heavy atom. The quantitative estimate of drug-likeness (QED) is 0.843. The number of nitrogens with one attached hydrogen (secondary N) is 1. The van der Waals surface area contributed by atoms with Gasteiger partial charge in [0.05, 0.1) is 12.7 Å². The fourth-order valence-corrected chi connectivity index (χ4v) is 2.22. The number of anilines is 1. The van der Waals surface area contributed by atoms with Gasteiger partial charge in [-0.3, -0.25) is 0 Å². The van der Waals surface area contributed by atoms with Crippen LogP contribution >= 0.6 is 0 Å². The molecule has 2 aromatic carbocycles. The first-order chi connectivity index (χ1) is 10.1. The molecule has 0 saturated carbocycles. The predicted octanol–water partition coefficient (Wildman–Crippen LogP) is 4.00. The molecule has 3 heteroatoms. The minimum atomic E-state index is -0.311. The van der Waals surface area contributed by atoms with Gasteiger partial charge in [-0.1, -0.05) is 43.3 Å². The van der Waals surface area contributed by atoms with Crippen molar-refractivity contribution in [1.29, 1.82) is 0 Å². The van der Waals surface area contributed by atoms with E-state index in [9.17, 15) is 4.79 Å². The Bertz CT molecular complexity index is 608. The summed E-state index contributed by atoms with van der Waals surface area (Å²) in [5.41, 5.74) is 3.95. The summed E-state index contributed by atoms with van der Waals surface area (Å²) in [6, 6.07) is 15.9. The van der Waals surface area contributed by atoms with Crippen molar-refractivity contribution in [3.8, 4) is 0 Å². The van der Waals surface area contributed by atoms with Gasteiger partial charge in [-0.05, 0) is 36.1 Å². The van der Waals surface area contributed by atoms with E-state index >= 15 is 0 Å². The minimum Gasteiger partial charge on any atom is -0.465 e. The van der Waals surface area contributed by atoms with E-state index in [4.69, 9.17) is 4.74 Å². The molecule has 0 amide bonds. The average Bonchev–Trinajstić information content (AvgIpc) is 2.53. The molecule has 0 aliphatic carbocycles. The Morgan fingerprint density at radius 2 is 1.90 bits per heavy atom.